The third-order valence-corrected chi connectivity index (χ3v) is 3.46. The van der Waals surface area contributed by atoms with Gasteiger partial charge < -0.3 is 5.11 Å². The Bertz CT molecular complexity index is 329. The van der Waals surface area contributed by atoms with Crippen LogP contribution in [0.2, 0.25) is 5.02 Å². The third-order valence-electron chi connectivity index (χ3n) is 3.12. The van der Waals surface area contributed by atoms with Crippen molar-refractivity contribution in [1.29, 1.82) is 0 Å². The molecule has 1 aliphatic rings. The molecule has 2 atom stereocenters. The third kappa shape index (κ3) is 2.93. The predicted molar refractivity (Wildman–Crippen MR) is 60.9 cm³/mol. The van der Waals surface area contributed by atoms with Crippen LogP contribution in [0.5, 0.6) is 0 Å². The number of hydrogen-bond acceptors (Lipinski definition) is 2. The van der Waals surface area contributed by atoms with E-state index in [9.17, 15) is 5.11 Å². The second-order valence-corrected chi connectivity index (χ2v) is 4.76. The van der Waals surface area contributed by atoms with Crippen molar-refractivity contribution in [3.05, 3.63) is 29.0 Å². The molecule has 1 aliphatic carbocycles. The summed E-state index contributed by atoms with van der Waals surface area (Å²) < 4.78 is 0. The van der Waals surface area contributed by atoms with Crippen LogP contribution in [-0.2, 0) is 6.42 Å². The highest BCUT2D eigenvalue weighted by Crippen LogP contribution is 2.29. The number of pyridine rings is 1. The minimum absolute atomic E-state index is 0.107. The molecule has 0 saturated heterocycles. The normalized spacial score (nSPS) is 26.5. The SMILES string of the molecule is OC1CCCC(Cc2ccncc2Cl)C1. The molecule has 0 aromatic carbocycles. The van der Waals surface area contributed by atoms with E-state index >= 15 is 0 Å². The first kappa shape index (κ1) is 10.9. The molecule has 1 saturated carbocycles. The lowest BCUT2D eigenvalue weighted by atomic mass is 9.83. The molecule has 2 rings (SSSR count). The maximum Gasteiger partial charge on any atom is 0.0621 e. The zero-order valence-electron chi connectivity index (χ0n) is 8.69. The van der Waals surface area contributed by atoms with Gasteiger partial charge in [-0.25, -0.2) is 0 Å². The largest absolute Gasteiger partial charge is 0.393 e. The molecule has 0 spiro atoms. The fourth-order valence-corrected chi connectivity index (χ4v) is 2.53. The monoisotopic (exact) mass is 225 g/mol. The summed E-state index contributed by atoms with van der Waals surface area (Å²) in [6, 6.07) is 1.98. The number of aromatic nitrogens is 1. The first-order chi connectivity index (χ1) is 7.25. The number of rotatable bonds is 2. The van der Waals surface area contributed by atoms with Crippen molar-refractivity contribution in [2.75, 3.05) is 0 Å². The molecular formula is C12H16ClNO. The number of halogens is 1. The fraction of sp³-hybridized carbons (Fsp3) is 0.583. The highest BCUT2D eigenvalue weighted by Gasteiger charge is 2.20. The van der Waals surface area contributed by atoms with Gasteiger partial charge in [-0.15, -0.1) is 0 Å². The maximum atomic E-state index is 9.58. The van der Waals surface area contributed by atoms with Crippen molar-refractivity contribution in [1.82, 2.24) is 4.98 Å². The molecular weight excluding hydrogens is 210 g/mol. The minimum atomic E-state index is -0.107. The van der Waals surface area contributed by atoms with E-state index in [4.69, 9.17) is 11.6 Å². The van der Waals surface area contributed by atoms with E-state index in [1.807, 2.05) is 6.07 Å². The van der Waals surface area contributed by atoms with Gasteiger partial charge in [-0.1, -0.05) is 18.0 Å². The van der Waals surface area contributed by atoms with Gasteiger partial charge in [0.15, 0.2) is 0 Å². The number of nitrogens with zero attached hydrogens (tertiary/aromatic N) is 1. The smallest absolute Gasteiger partial charge is 0.0621 e. The van der Waals surface area contributed by atoms with E-state index in [0.29, 0.717) is 5.92 Å². The van der Waals surface area contributed by atoms with Crippen LogP contribution in [0, 0.1) is 5.92 Å². The van der Waals surface area contributed by atoms with Crippen LogP contribution >= 0.6 is 11.6 Å². The van der Waals surface area contributed by atoms with Gasteiger partial charge in [0.25, 0.3) is 0 Å². The lowest BCUT2D eigenvalue weighted by Gasteiger charge is -2.25. The van der Waals surface area contributed by atoms with Crippen molar-refractivity contribution in [3.8, 4) is 0 Å². The van der Waals surface area contributed by atoms with E-state index in [-0.39, 0.29) is 6.10 Å². The van der Waals surface area contributed by atoms with Gasteiger partial charge in [0.05, 0.1) is 11.1 Å². The Balaban J connectivity index is 1.99. The van der Waals surface area contributed by atoms with Gasteiger partial charge >= 0.3 is 0 Å². The molecule has 1 aromatic rings. The van der Waals surface area contributed by atoms with Crippen LogP contribution in [0.25, 0.3) is 0 Å². The predicted octanol–water partition coefficient (Wildman–Crippen LogP) is 2.83. The van der Waals surface area contributed by atoms with Crippen molar-refractivity contribution in [2.24, 2.45) is 5.92 Å². The molecule has 82 valence electrons. The summed E-state index contributed by atoms with van der Waals surface area (Å²) in [5.74, 6) is 0.577. The molecule has 0 radical (unpaired) electrons. The Labute approximate surface area is 95.3 Å². The molecule has 2 unspecified atom stereocenters. The van der Waals surface area contributed by atoms with Gasteiger partial charge in [-0.3, -0.25) is 4.98 Å². The molecule has 0 bridgehead atoms. The topological polar surface area (TPSA) is 33.1 Å². The van der Waals surface area contributed by atoms with Gasteiger partial charge in [-0.2, -0.15) is 0 Å². The van der Waals surface area contributed by atoms with Gasteiger partial charge in [0.1, 0.15) is 0 Å². The van der Waals surface area contributed by atoms with Crippen LogP contribution in [0.4, 0.5) is 0 Å². The van der Waals surface area contributed by atoms with E-state index < -0.39 is 0 Å². The molecule has 3 heteroatoms. The van der Waals surface area contributed by atoms with E-state index in [1.165, 1.54) is 6.42 Å². The molecule has 0 aliphatic heterocycles. The van der Waals surface area contributed by atoms with Crippen LogP contribution in [0.1, 0.15) is 31.2 Å². The summed E-state index contributed by atoms with van der Waals surface area (Å²) in [6.45, 7) is 0. The first-order valence-electron chi connectivity index (χ1n) is 5.52. The van der Waals surface area contributed by atoms with Crippen molar-refractivity contribution >= 4 is 11.6 Å². The number of hydrogen-bond donors (Lipinski definition) is 1. The Morgan fingerprint density at radius 1 is 1.47 bits per heavy atom. The number of aliphatic hydroxyl groups excluding tert-OH is 1. The lowest BCUT2D eigenvalue weighted by Crippen LogP contribution is -2.21. The Morgan fingerprint density at radius 2 is 2.33 bits per heavy atom. The van der Waals surface area contributed by atoms with E-state index in [1.54, 1.807) is 12.4 Å². The molecule has 0 amide bonds. The molecule has 1 aromatic heterocycles. The van der Waals surface area contributed by atoms with Crippen molar-refractivity contribution < 1.29 is 5.11 Å². The molecule has 15 heavy (non-hydrogen) atoms. The Morgan fingerprint density at radius 3 is 3.07 bits per heavy atom. The molecule has 1 heterocycles. The minimum Gasteiger partial charge on any atom is -0.393 e. The van der Waals surface area contributed by atoms with Crippen LogP contribution in [0.3, 0.4) is 0 Å². The maximum absolute atomic E-state index is 9.58. The highest BCUT2D eigenvalue weighted by molar-refractivity contribution is 6.31. The summed E-state index contributed by atoms with van der Waals surface area (Å²) in [5.41, 5.74) is 1.16. The fourth-order valence-electron chi connectivity index (χ4n) is 2.33. The van der Waals surface area contributed by atoms with Crippen molar-refractivity contribution in [2.45, 2.75) is 38.2 Å². The summed E-state index contributed by atoms with van der Waals surface area (Å²) in [4.78, 5) is 3.97. The average Bonchev–Trinajstić information content (AvgIpc) is 2.22. The molecule has 1 N–H and O–H groups in total. The first-order valence-corrected chi connectivity index (χ1v) is 5.90. The lowest BCUT2D eigenvalue weighted by molar-refractivity contribution is 0.101. The van der Waals surface area contributed by atoms with E-state index in [0.717, 1.165) is 36.3 Å². The zero-order chi connectivity index (χ0) is 10.7. The molecule has 1 fully saturated rings. The second-order valence-electron chi connectivity index (χ2n) is 4.36. The number of aliphatic hydroxyl groups is 1. The van der Waals surface area contributed by atoms with Gasteiger partial charge in [0.2, 0.25) is 0 Å². The standard InChI is InChI=1S/C12H16ClNO/c13-12-8-14-5-4-10(12)6-9-2-1-3-11(15)7-9/h4-5,8-9,11,15H,1-3,6-7H2. The summed E-state index contributed by atoms with van der Waals surface area (Å²) in [5, 5.41) is 10.3. The van der Waals surface area contributed by atoms with Crippen molar-refractivity contribution in [3.63, 3.8) is 0 Å². The Kier molecular flexibility index (Phi) is 3.60. The Hall–Kier alpha value is -0.600. The van der Waals surface area contributed by atoms with Crippen LogP contribution in [-0.4, -0.2) is 16.2 Å². The highest BCUT2D eigenvalue weighted by atomic mass is 35.5. The second kappa shape index (κ2) is 4.95. The average molecular weight is 226 g/mol. The molecule has 2 nitrogen and oxygen atoms in total. The van der Waals surface area contributed by atoms with E-state index in [2.05, 4.69) is 4.98 Å². The van der Waals surface area contributed by atoms with Gasteiger partial charge in [-0.05, 0) is 43.2 Å². The summed E-state index contributed by atoms with van der Waals surface area (Å²) in [7, 11) is 0. The van der Waals surface area contributed by atoms with Crippen LogP contribution < -0.4 is 0 Å². The van der Waals surface area contributed by atoms with Crippen LogP contribution in [0.15, 0.2) is 18.5 Å². The van der Waals surface area contributed by atoms with Gasteiger partial charge in [0, 0.05) is 12.4 Å². The quantitative estimate of drug-likeness (QED) is 0.840. The summed E-state index contributed by atoms with van der Waals surface area (Å²) >= 11 is 6.05. The summed E-state index contributed by atoms with van der Waals surface area (Å²) in [6.07, 6.45) is 8.54. The zero-order valence-corrected chi connectivity index (χ0v) is 9.45.